The lowest BCUT2D eigenvalue weighted by molar-refractivity contribution is 0.245. The molecule has 3 aromatic rings. The van der Waals surface area contributed by atoms with Gasteiger partial charge in [-0.05, 0) is 36.5 Å². The molecule has 5 heteroatoms. The summed E-state index contributed by atoms with van der Waals surface area (Å²) in [6.07, 6.45) is 5.22. The van der Waals surface area contributed by atoms with Gasteiger partial charge in [-0.3, -0.25) is 9.80 Å². The van der Waals surface area contributed by atoms with Crippen LogP contribution in [0, 0.1) is 0 Å². The van der Waals surface area contributed by atoms with Crippen LogP contribution in [0.1, 0.15) is 22.6 Å². The van der Waals surface area contributed by atoms with E-state index in [2.05, 4.69) is 67.2 Å². The summed E-state index contributed by atoms with van der Waals surface area (Å²) in [6.45, 7) is 7.60. The Bertz CT molecular complexity index is 781. The highest BCUT2D eigenvalue weighted by molar-refractivity contribution is 7.09. The van der Waals surface area contributed by atoms with Gasteiger partial charge in [0.15, 0.2) is 0 Å². The second kappa shape index (κ2) is 8.62. The third kappa shape index (κ3) is 4.61. The molecular formula is C21H26N4S. The van der Waals surface area contributed by atoms with Crippen molar-refractivity contribution in [2.75, 3.05) is 26.2 Å². The van der Waals surface area contributed by atoms with Crippen LogP contribution in [0.4, 0.5) is 0 Å². The molecule has 1 saturated heterocycles. The molecule has 0 N–H and O–H groups in total. The zero-order chi connectivity index (χ0) is 17.6. The minimum absolute atomic E-state index is 0.897. The maximum absolute atomic E-state index is 4.40. The molecule has 0 spiro atoms. The van der Waals surface area contributed by atoms with Crippen molar-refractivity contribution in [2.45, 2.75) is 26.1 Å². The highest BCUT2D eigenvalue weighted by Crippen LogP contribution is 2.15. The van der Waals surface area contributed by atoms with E-state index in [9.17, 15) is 0 Å². The third-order valence-corrected chi connectivity index (χ3v) is 5.88. The Hall–Kier alpha value is -1.95. The van der Waals surface area contributed by atoms with E-state index in [1.165, 1.54) is 29.1 Å². The third-order valence-electron chi connectivity index (χ3n) is 5.02. The number of benzene rings is 1. The first-order valence-electron chi connectivity index (χ1n) is 9.37. The van der Waals surface area contributed by atoms with Gasteiger partial charge in [-0.2, -0.15) is 0 Å². The van der Waals surface area contributed by atoms with Crippen molar-refractivity contribution in [1.29, 1.82) is 0 Å². The lowest BCUT2D eigenvalue weighted by Crippen LogP contribution is -2.30. The normalized spacial score (nSPS) is 16.6. The van der Waals surface area contributed by atoms with Crippen LogP contribution < -0.4 is 0 Å². The summed E-state index contributed by atoms with van der Waals surface area (Å²) in [6, 6.07) is 15.0. The van der Waals surface area contributed by atoms with Gasteiger partial charge in [0.05, 0.1) is 12.0 Å². The zero-order valence-electron chi connectivity index (χ0n) is 15.1. The summed E-state index contributed by atoms with van der Waals surface area (Å²) in [5.41, 5.74) is 2.63. The Morgan fingerprint density at radius 3 is 2.42 bits per heavy atom. The second-order valence-corrected chi connectivity index (χ2v) is 8.02. The van der Waals surface area contributed by atoms with Crippen LogP contribution in [0.3, 0.4) is 0 Å². The van der Waals surface area contributed by atoms with E-state index in [4.69, 9.17) is 0 Å². The largest absolute Gasteiger partial charge is 0.329 e. The summed E-state index contributed by atoms with van der Waals surface area (Å²) in [4.78, 5) is 11.0. The first kappa shape index (κ1) is 17.5. The molecule has 136 valence electrons. The quantitative estimate of drug-likeness (QED) is 0.665. The Balaban J connectivity index is 1.34. The standard InChI is InChI=1S/C21H26N4S/c1-2-6-19(7-3-1)15-25-18-22-14-20(25)16-23-9-5-10-24(12-11-23)17-21-8-4-13-26-21/h1-4,6-8,13-14,18H,5,9-12,15-17H2. The molecule has 0 bridgehead atoms. The van der Waals surface area contributed by atoms with E-state index in [0.717, 1.165) is 39.3 Å². The number of hydrogen-bond donors (Lipinski definition) is 0. The minimum Gasteiger partial charge on any atom is -0.329 e. The van der Waals surface area contributed by atoms with Crippen LogP contribution in [-0.2, 0) is 19.6 Å². The Morgan fingerprint density at radius 2 is 1.65 bits per heavy atom. The monoisotopic (exact) mass is 366 g/mol. The van der Waals surface area contributed by atoms with Crippen LogP contribution in [0.5, 0.6) is 0 Å². The van der Waals surface area contributed by atoms with Crippen molar-refractivity contribution in [1.82, 2.24) is 19.4 Å². The van der Waals surface area contributed by atoms with Crippen molar-refractivity contribution >= 4 is 11.3 Å². The fourth-order valence-electron chi connectivity index (χ4n) is 3.59. The summed E-state index contributed by atoms with van der Waals surface area (Å²) < 4.78 is 2.28. The maximum atomic E-state index is 4.40. The van der Waals surface area contributed by atoms with Crippen LogP contribution >= 0.6 is 11.3 Å². The van der Waals surface area contributed by atoms with Gasteiger partial charge in [0.25, 0.3) is 0 Å². The maximum Gasteiger partial charge on any atom is 0.0951 e. The lowest BCUT2D eigenvalue weighted by Gasteiger charge is -2.22. The average molecular weight is 367 g/mol. The molecule has 0 amide bonds. The van der Waals surface area contributed by atoms with E-state index in [-0.39, 0.29) is 0 Å². The van der Waals surface area contributed by atoms with Crippen molar-refractivity contribution in [2.24, 2.45) is 0 Å². The van der Waals surface area contributed by atoms with Gasteiger partial charge >= 0.3 is 0 Å². The van der Waals surface area contributed by atoms with E-state index in [1.54, 1.807) is 0 Å². The van der Waals surface area contributed by atoms with Crippen molar-refractivity contribution in [3.05, 3.63) is 76.5 Å². The molecule has 0 saturated carbocycles. The molecule has 4 rings (SSSR count). The van der Waals surface area contributed by atoms with Gasteiger partial charge in [-0.25, -0.2) is 4.98 Å². The average Bonchev–Trinajstić information content (AvgIpc) is 3.27. The molecule has 3 heterocycles. The Labute approximate surface area is 159 Å². The van der Waals surface area contributed by atoms with Crippen molar-refractivity contribution in [3.63, 3.8) is 0 Å². The summed E-state index contributed by atoms with van der Waals surface area (Å²) in [5, 5.41) is 2.17. The summed E-state index contributed by atoms with van der Waals surface area (Å²) in [7, 11) is 0. The highest BCUT2D eigenvalue weighted by Gasteiger charge is 2.17. The number of rotatable bonds is 6. The van der Waals surface area contributed by atoms with Crippen LogP contribution in [-0.4, -0.2) is 45.5 Å². The first-order valence-corrected chi connectivity index (χ1v) is 10.2. The van der Waals surface area contributed by atoms with E-state index in [1.807, 2.05) is 23.9 Å². The van der Waals surface area contributed by atoms with E-state index in [0.29, 0.717) is 0 Å². The number of hydrogen-bond acceptors (Lipinski definition) is 4. The van der Waals surface area contributed by atoms with E-state index >= 15 is 0 Å². The molecular weight excluding hydrogens is 340 g/mol. The van der Waals surface area contributed by atoms with Crippen LogP contribution in [0.2, 0.25) is 0 Å². The highest BCUT2D eigenvalue weighted by atomic mass is 32.1. The molecule has 0 atom stereocenters. The number of aromatic nitrogens is 2. The van der Waals surface area contributed by atoms with Gasteiger partial charge < -0.3 is 4.57 Å². The molecule has 4 nitrogen and oxygen atoms in total. The van der Waals surface area contributed by atoms with Crippen molar-refractivity contribution in [3.8, 4) is 0 Å². The van der Waals surface area contributed by atoms with Gasteiger partial charge in [-0.15, -0.1) is 11.3 Å². The number of nitrogens with zero attached hydrogens (tertiary/aromatic N) is 4. The smallest absolute Gasteiger partial charge is 0.0951 e. The molecule has 1 aliphatic rings. The first-order chi connectivity index (χ1) is 12.9. The molecule has 1 aliphatic heterocycles. The van der Waals surface area contributed by atoms with Crippen LogP contribution in [0.15, 0.2) is 60.4 Å². The van der Waals surface area contributed by atoms with Gasteiger partial charge in [0.2, 0.25) is 0 Å². The summed E-state index contributed by atoms with van der Waals surface area (Å²) in [5.74, 6) is 0. The fraction of sp³-hybridized carbons (Fsp3) is 0.381. The minimum atomic E-state index is 0.897. The predicted molar refractivity (Wildman–Crippen MR) is 107 cm³/mol. The van der Waals surface area contributed by atoms with E-state index < -0.39 is 0 Å². The second-order valence-electron chi connectivity index (χ2n) is 6.98. The van der Waals surface area contributed by atoms with Gasteiger partial charge in [0, 0.05) is 43.8 Å². The molecule has 0 unspecified atom stereocenters. The van der Waals surface area contributed by atoms with Crippen molar-refractivity contribution < 1.29 is 0 Å². The SMILES string of the molecule is c1ccc(Cn2cncc2CN2CCCN(Cc3cccs3)CC2)cc1. The molecule has 1 fully saturated rings. The molecule has 1 aromatic carbocycles. The van der Waals surface area contributed by atoms with Crippen LogP contribution in [0.25, 0.3) is 0 Å². The number of imidazole rings is 1. The Morgan fingerprint density at radius 1 is 0.846 bits per heavy atom. The molecule has 0 aliphatic carbocycles. The summed E-state index contributed by atoms with van der Waals surface area (Å²) >= 11 is 1.86. The Kier molecular flexibility index (Phi) is 5.79. The molecule has 0 radical (unpaired) electrons. The molecule has 2 aromatic heterocycles. The van der Waals surface area contributed by atoms with Gasteiger partial charge in [0.1, 0.15) is 0 Å². The predicted octanol–water partition coefficient (Wildman–Crippen LogP) is 3.70. The fourth-order valence-corrected chi connectivity index (χ4v) is 4.34. The lowest BCUT2D eigenvalue weighted by atomic mass is 10.2. The van der Waals surface area contributed by atoms with Gasteiger partial charge in [-0.1, -0.05) is 36.4 Å². The number of thiophene rings is 1. The topological polar surface area (TPSA) is 24.3 Å². The zero-order valence-corrected chi connectivity index (χ0v) is 15.9. The molecule has 26 heavy (non-hydrogen) atoms.